The van der Waals surface area contributed by atoms with Crippen molar-refractivity contribution in [2.75, 3.05) is 5.32 Å². The Labute approximate surface area is 85.0 Å². The van der Waals surface area contributed by atoms with Crippen LogP contribution >= 0.6 is 0 Å². The number of rotatable bonds is 4. The molecule has 1 aliphatic rings. The van der Waals surface area contributed by atoms with Crippen molar-refractivity contribution in [3.63, 3.8) is 0 Å². The number of hydrogen-bond donors (Lipinski definition) is 1. The maximum Gasteiger partial charge on any atom is 0.115 e. The average molecular weight is 191 g/mol. The van der Waals surface area contributed by atoms with Crippen molar-refractivity contribution in [3.05, 3.63) is 18.7 Å². The molecule has 0 amide bonds. The van der Waals surface area contributed by atoms with E-state index in [-0.39, 0.29) is 0 Å². The van der Waals surface area contributed by atoms with E-state index in [1.165, 1.54) is 25.7 Å². The van der Waals surface area contributed by atoms with E-state index in [1.54, 1.807) is 6.33 Å². The molecule has 1 fully saturated rings. The molecule has 14 heavy (non-hydrogen) atoms. The number of anilines is 1. The Morgan fingerprint density at radius 2 is 2.14 bits per heavy atom. The van der Waals surface area contributed by atoms with Crippen molar-refractivity contribution in [1.29, 1.82) is 0 Å². The quantitative estimate of drug-likeness (QED) is 0.794. The lowest BCUT2D eigenvalue weighted by atomic mass is 9.81. The molecule has 0 saturated heterocycles. The van der Waals surface area contributed by atoms with E-state index in [1.807, 2.05) is 12.4 Å². The molecular weight excluding hydrogens is 174 g/mol. The summed E-state index contributed by atoms with van der Waals surface area (Å²) in [7, 11) is 0. The van der Waals surface area contributed by atoms with E-state index in [0.29, 0.717) is 6.04 Å². The summed E-state index contributed by atoms with van der Waals surface area (Å²) in [5, 5.41) is 3.42. The zero-order valence-electron chi connectivity index (χ0n) is 8.61. The van der Waals surface area contributed by atoms with Crippen LogP contribution in [0.2, 0.25) is 0 Å². The van der Waals surface area contributed by atoms with Crippen molar-refractivity contribution in [3.8, 4) is 0 Å². The molecule has 76 valence electrons. The van der Waals surface area contributed by atoms with Crippen LogP contribution in [0, 0.1) is 5.92 Å². The molecule has 1 saturated carbocycles. The standard InChI is InChI=1S/C11H17N3/c1-9(5-10-3-2-4-10)14-11-6-12-8-13-7-11/h6-10,14H,2-5H2,1H3. The van der Waals surface area contributed by atoms with E-state index < -0.39 is 0 Å². The predicted octanol–water partition coefficient (Wildman–Crippen LogP) is 2.47. The highest BCUT2D eigenvalue weighted by Crippen LogP contribution is 2.30. The third kappa shape index (κ3) is 2.44. The smallest absolute Gasteiger partial charge is 0.115 e. The number of nitrogens with zero attached hydrogens (tertiary/aromatic N) is 2. The number of aromatic nitrogens is 2. The summed E-state index contributed by atoms with van der Waals surface area (Å²) < 4.78 is 0. The molecule has 0 radical (unpaired) electrons. The van der Waals surface area contributed by atoms with Crippen molar-refractivity contribution in [1.82, 2.24) is 9.97 Å². The van der Waals surface area contributed by atoms with Crippen molar-refractivity contribution >= 4 is 5.69 Å². The average Bonchev–Trinajstić information content (AvgIpc) is 2.13. The Morgan fingerprint density at radius 1 is 1.43 bits per heavy atom. The summed E-state index contributed by atoms with van der Waals surface area (Å²) in [4.78, 5) is 7.95. The molecule has 0 aromatic carbocycles. The largest absolute Gasteiger partial charge is 0.380 e. The van der Waals surface area contributed by atoms with Gasteiger partial charge in [0.2, 0.25) is 0 Å². The topological polar surface area (TPSA) is 37.8 Å². The highest BCUT2D eigenvalue weighted by atomic mass is 15.0. The van der Waals surface area contributed by atoms with Crippen LogP contribution in [0.4, 0.5) is 5.69 Å². The number of hydrogen-bond acceptors (Lipinski definition) is 3. The molecule has 0 bridgehead atoms. The van der Waals surface area contributed by atoms with Gasteiger partial charge < -0.3 is 5.32 Å². The van der Waals surface area contributed by atoms with E-state index in [4.69, 9.17) is 0 Å². The fraction of sp³-hybridized carbons (Fsp3) is 0.636. The van der Waals surface area contributed by atoms with Crippen molar-refractivity contribution in [2.45, 2.75) is 38.6 Å². The van der Waals surface area contributed by atoms with Gasteiger partial charge in [0.25, 0.3) is 0 Å². The fourth-order valence-corrected chi connectivity index (χ4v) is 1.95. The minimum absolute atomic E-state index is 0.534. The van der Waals surface area contributed by atoms with Crippen LogP contribution in [-0.2, 0) is 0 Å². The Hall–Kier alpha value is -1.12. The molecule has 3 heteroatoms. The van der Waals surface area contributed by atoms with Gasteiger partial charge in [0.05, 0.1) is 18.1 Å². The Kier molecular flexibility index (Phi) is 2.96. The molecule has 1 aliphatic carbocycles. The lowest BCUT2D eigenvalue weighted by molar-refractivity contribution is 0.286. The summed E-state index contributed by atoms with van der Waals surface area (Å²) in [5.41, 5.74) is 1.03. The molecule has 1 N–H and O–H groups in total. The summed E-state index contributed by atoms with van der Waals surface area (Å²) in [6.07, 6.45) is 10.7. The van der Waals surface area contributed by atoms with Gasteiger partial charge in [-0.1, -0.05) is 19.3 Å². The van der Waals surface area contributed by atoms with Gasteiger partial charge in [-0.15, -0.1) is 0 Å². The van der Waals surface area contributed by atoms with Crippen LogP contribution < -0.4 is 5.32 Å². The van der Waals surface area contributed by atoms with Crippen LogP contribution in [0.25, 0.3) is 0 Å². The Bertz CT molecular complexity index is 269. The first-order chi connectivity index (χ1) is 6.84. The highest BCUT2D eigenvalue weighted by Gasteiger charge is 2.19. The second-order valence-electron chi connectivity index (χ2n) is 4.21. The zero-order valence-corrected chi connectivity index (χ0v) is 8.61. The second kappa shape index (κ2) is 4.40. The van der Waals surface area contributed by atoms with Gasteiger partial charge in [-0.3, -0.25) is 0 Å². The summed E-state index contributed by atoms with van der Waals surface area (Å²) in [6.45, 7) is 2.23. The molecular formula is C11H17N3. The maximum absolute atomic E-state index is 3.98. The molecule has 1 aromatic rings. The third-order valence-corrected chi connectivity index (χ3v) is 2.89. The van der Waals surface area contributed by atoms with Gasteiger partial charge in [-0.2, -0.15) is 0 Å². The fourth-order valence-electron chi connectivity index (χ4n) is 1.95. The van der Waals surface area contributed by atoms with Gasteiger partial charge in [0, 0.05) is 6.04 Å². The summed E-state index contributed by atoms with van der Waals surface area (Å²) >= 11 is 0. The minimum Gasteiger partial charge on any atom is -0.380 e. The molecule has 0 aliphatic heterocycles. The minimum atomic E-state index is 0.534. The predicted molar refractivity (Wildman–Crippen MR) is 57.1 cm³/mol. The molecule has 1 aromatic heterocycles. The van der Waals surface area contributed by atoms with Crippen LogP contribution in [0.3, 0.4) is 0 Å². The van der Waals surface area contributed by atoms with Crippen LogP contribution in [0.15, 0.2) is 18.7 Å². The van der Waals surface area contributed by atoms with Crippen LogP contribution in [0.5, 0.6) is 0 Å². The first kappa shape index (κ1) is 9.44. The van der Waals surface area contributed by atoms with Gasteiger partial charge >= 0.3 is 0 Å². The highest BCUT2D eigenvalue weighted by molar-refractivity contribution is 5.37. The van der Waals surface area contributed by atoms with E-state index in [2.05, 4.69) is 22.2 Å². The van der Waals surface area contributed by atoms with Gasteiger partial charge in [-0.05, 0) is 19.3 Å². The van der Waals surface area contributed by atoms with E-state index in [9.17, 15) is 0 Å². The van der Waals surface area contributed by atoms with Gasteiger partial charge in [-0.25, -0.2) is 9.97 Å². The molecule has 1 heterocycles. The molecule has 2 rings (SSSR count). The Balaban J connectivity index is 1.79. The van der Waals surface area contributed by atoms with Crippen molar-refractivity contribution < 1.29 is 0 Å². The monoisotopic (exact) mass is 191 g/mol. The first-order valence-corrected chi connectivity index (χ1v) is 5.36. The van der Waals surface area contributed by atoms with E-state index >= 15 is 0 Å². The van der Waals surface area contributed by atoms with Gasteiger partial charge in [0.1, 0.15) is 6.33 Å². The molecule has 0 spiro atoms. The van der Waals surface area contributed by atoms with E-state index in [0.717, 1.165) is 11.6 Å². The van der Waals surface area contributed by atoms with Crippen molar-refractivity contribution in [2.24, 2.45) is 5.92 Å². The van der Waals surface area contributed by atoms with Crippen LogP contribution in [0.1, 0.15) is 32.6 Å². The summed E-state index contributed by atoms with van der Waals surface area (Å²) in [6, 6.07) is 0.534. The second-order valence-corrected chi connectivity index (χ2v) is 4.21. The van der Waals surface area contributed by atoms with Gasteiger partial charge in [0.15, 0.2) is 0 Å². The first-order valence-electron chi connectivity index (χ1n) is 5.36. The third-order valence-electron chi connectivity index (χ3n) is 2.89. The lowest BCUT2D eigenvalue weighted by Gasteiger charge is -2.28. The zero-order chi connectivity index (χ0) is 9.80. The molecule has 1 atom stereocenters. The maximum atomic E-state index is 3.98. The van der Waals surface area contributed by atoms with Crippen LogP contribution in [-0.4, -0.2) is 16.0 Å². The molecule has 1 unspecified atom stereocenters. The molecule has 3 nitrogen and oxygen atoms in total. The SMILES string of the molecule is CC(CC1CCC1)Nc1cncnc1. The summed E-state index contributed by atoms with van der Waals surface area (Å²) in [5.74, 6) is 0.946. The Morgan fingerprint density at radius 3 is 2.71 bits per heavy atom. The lowest BCUT2D eigenvalue weighted by Crippen LogP contribution is -2.23. The normalized spacial score (nSPS) is 18.6. The number of nitrogens with one attached hydrogen (secondary N) is 1.